The average molecular weight is 343 g/mol. The van der Waals surface area contributed by atoms with Crippen molar-refractivity contribution in [2.75, 3.05) is 19.0 Å². The molecule has 2 aromatic rings. The molecule has 134 valence electrons. The van der Waals surface area contributed by atoms with Crippen molar-refractivity contribution in [2.24, 2.45) is 0 Å². The second-order valence-electron chi connectivity index (χ2n) is 6.33. The number of benzene rings is 1. The second kappa shape index (κ2) is 8.27. The first-order valence-corrected chi connectivity index (χ1v) is 8.66. The van der Waals surface area contributed by atoms with E-state index in [2.05, 4.69) is 46.5 Å². The molecule has 2 unspecified atom stereocenters. The monoisotopic (exact) mass is 343 g/mol. The summed E-state index contributed by atoms with van der Waals surface area (Å²) in [7, 11) is 1.55. The summed E-state index contributed by atoms with van der Waals surface area (Å²) in [6.07, 6.45) is 4.86. The van der Waals surface area contributed by atoms with Crippen LogP contribution in [0.1, 0.15) is 42.2 Å². The lowest BCUT2D eigenvalue weighted by Crippen LogP contribution is -2.29. The lowest BCUT2D eigenvalue weighted by Gasteiger charge is -2.31. The zero-order valence-corrected chi connectivity index (χ0v) is 14.7. The number of methoxy groups -OCH3 is 1. The Hall–Kier alpha value is -2.18. The van der Waals surface area contributed by atoms with Gasteiger partial charge in [-0.25, -0.2) is 9.97 Å². The van der Waals surface area contributed by atoms with E-state index in [-0.39, 0.29) is 18.8 Å². The van der Waals surface area contributed by atoms with Crippen LogP contribution < -0.4 is 10.1 Å². The van der Waals surface area contributed by atoms with E-state index in [1.807, 2.05) is 0 Å². The van der Waals surface area contributed by atoms with E-state index >= 15 is 0 Å². The molecule has 1 aromatic carbocycles. The molecular formula is C19H25N3O3. The van der Waals surface area contributed by atoms with Crippen LogP contribution in [0.5, 0.6) is 5.75 Å². The van der Waals surface area contributed by atoms with Crippen molar-refractivity contribution in [3.05, 3.63) is 47.4 Å². The minimum atomic E-state index is -0.185. The van der Waals surface area contributed by atoms with Gasteiger partial charge in [-0.3, -0.25) is 0 Å². The standard InChI is InChI=1S/C19H25N3O3/c1-13-5-3-6-14(9-13)17-8-4-7-15(25-17)10-20-19-18(24-2)16(11-23)21-12-22-19/h3,5-6,9,12,15,17,23H,4,7-8,10-11H2,1-2H3,(H,20,21,22). The van der Waals surface area contributed by atoms with E-state index in [1.54, 1.807) is 7.11 Å². The summed E-state index contributed by atoms with van der Waals surface area (Å²) >= 11 is 0. The van der Waals surface area contributed by atoms with Gasteiger partial charge in [0.2, 0.25) is 0 Å². The molecule has 1 aliphatic rings. The molecule has 6 nitrogen and oxygen atoms in total. The Morgan fingerprint density at radius 3 is 2.96 bits per heavy atom. The predicted octanol–water partition coefficient (Wildman–Crippen LogP) is 3.01. The summed E-state index contributed by atoms with van der Waals surface area (Å²) in [5.41, 5.74) is 2.97. The Labute approximate surface area is 148 Å². The number of aryl methyl sites for hydroxylation is 1. The molecule has 6 heteroatoms. The highest BCUT2D eigenvalue weighted by molar-refractivity contribution is 5.52. The smallest absolute Gasteiger partial charge is 0.185 e. The predicted molar refractivity (Wildman–Crippen MR) is 95.6 cm³/mol. The Bertz CT molecular complexity index is 708. The molecule has 1 saturated heterocycles. The van der Waals surface area contributed by atoms with Gasteiger partial charge in [-0.05, 0) is 31.7 Å². The van der Waals surface area contributed by atoms with Gasteiger partial charge in [0.25, 0.3) is 0 Å². The minimum Gasteiger partial charge on any atom is -0.491 e. The molecule has 0 spiro atoms. The highest BCUT2D eigenvalue weighted by Crippen LogP contribution is 2.32. The molecule has 0 bridgehead atoms. The number of hydrogen-bond donors (Lipinski definition) is 2. The van der Waals surface area contributed by atoms with Crippen molar-refractivity contribution in [2.45, 2.75) is 45.0 Å². The highest BCUT2D eigenvalue weighted by atomic mass is 16.5. The highest BCUT2D eigenvalue weighted by Gasteiger charge is 2.24. The first-order chi connectivity index (χ1) is 12.2. The minimum absolute atomic E-state index is 0.108. The van der Waals surface area contributed by atoms with Crippen molar-refractivity contribution in [1.82, 2.24) is 9.97 Å². The zero-order chi connectivity index (χ0) is 17.6. The maximum absolute atomic E-state index is 9.35. The third kappa shape index (κ3) is 4.27. The van der Waals surface area contributed by atoms with Gasteiger partial charge < -0.3 is 19.9 Å². The molecule has 0 radical (unpaired) electrons. The van der Waals surface area contributed by atoms with Crippen molar-refractivity contribution in [3.63, 3.8) is 0 Å². The summed E-state index contributed by atoms with van der Waals surface area (Å²) in [6, 6.07) is 8.51. The summed E-state index contributed by atoms with van der Waals surface area (Å²) in [5.74, 6) is 1.07. The quantitative estimate of drug-likeness (QED) is 0.840. The molecule has 1 aromatic heterocycles. The van der Waals surface area contributed by atoms with Crippen molar-refractivity contribution in [1.29, 1.82) is 0 Å². The third-order valence-electron chi connectivity index (χ3n) is 4.49. The van der Waals surface area contributed by atoms with E-state index in [9.17, 15) is 5.11 Å². The lowest BCUT2D eigenvalue weighted by atomic mass is 9.97. The number of aliphatic hydroxyl groups is 1. The van der Waals surface area contributed by atoms with Crippen LogP contribution >= 0.6 is 0 Å². The van der Waals surface area contributed by atoms with E-state index in [1.165, 1.54) is 17.5 Å². The maximum Gasteiger partial charge on any atom is 0.185 e. The van der Waals surface area contributed by atoms with Crippen LogP contribution in [0.4, 0.5) is 5.82 Å². The second-order valence-corrected chi connectivity index (χ2v) is 6.33. The molecule has 0 saturated carbocycles. The zero-order valence-electron chi connectivity index (χ0n) is 14.7. The fourth-order valence-electron chi connectivity index (χ4n) is 3.24. The number of hydrogen-bond acceptors (Lipinski definition) is 6. The Morgan fingerprint density at radius 1 is 1.32 bits per heavy atom. The molecule has 3 rings (SSSR count). The van der Waals surface area contributed by atoms with Crippen LogP contribution in [0.25, 0.3) is 0 Å². The first kappa shape index (κ1) is 17.6. The van der Waals surface area contributed by atoms with Gasteiger partial charge >= 0.3 is 0 Å². The number of nitrogens with zero attached hydrogens (tertiary/aromatic N) is 2. The van der Waals surface area contributed by atoms with E-state index < -0.39 is 0 Å². The van der Waals surface area contributed by atoms with Gasteiger partial charge in [0.05, 0.1) is 25.9 Å². The molecule has 2 heterocycles. The van der Waals surface area contributed by atoms with Gasteiger partial charge in [0.1, 0.15) is 12.0 Å². The number of nitrogens with one attached hydrogen (secondary N) is 1. The number of aliphatic hydroxyl groups excluding tert-OH is 1. The van der Waals surface area contributed by atoms with Crippen molar-refractivity contribution >= 4 is 5.82 Å². The molecular weight excluding hydrogens is 318 g/mol. The van der Waals surface area contributed by atoms with Gasteiger partial charge in [-0.15, -0.1) is 0 Å². The molecule has 2 N–H and O–H groups in total. The van der Waals surface area contributed by atoms with Crippen LogP contribution in [0.15, 0.2) is 30.6 Å². The Kier molecular flexibility index (Phi) is 5.83. The normalized spacial score (nSPS) is 20.3. The number of aromatic nitrogens is 2. The van der Waals surface area contributed by atoms with Gasteiger partial charge in [0, 0.05) is 6.54 Å². The maximum atomic E-state index is 9.35. The van der Waals surface area contributed by atoms with Crippen molar-refractivity contribution in [3.8, 4) is 5.75 Å². The fraction of sp³-hybridized carbons (Fsp3) is 0.474. The van der Waals surface area contributed by atoms with E-state index in [0.29, 0.717) is 23.8 Å². The van der Waals surface area contributed by atoms with Gasteiger partial charge in [0.15, 0.2) is 11.6 Å². The Morgan fingerprint density at radius 2 is 2.20 bits per heavy atom. The first-order valence-electron chi connectivity index (χ1n) is 8.66. The van der Waals surface area contributed by atoms with E-state index in [4.69, 9.17) is 9.47 Å². The van der Waals surface area contributed by atoms with Gasteiger partial charge in [-0.1, -0.05) is 29.8 Å². The molecule has 2 atom stereocenters. The van der Waals surface area contributed by atoms with Crippen LogP contribution in [0.2, 0.25) is 0 Å². The van der Waals surface area contributed by atoms with Crippen LogP contribution in [-0.2, 0) is 11.3 Å². The average Bonchev–Trinajstić information content (AvgIpc) is 2.66. The Balaban J connectivity index is 1.64. The number of anilines is 1. The fourth-order valence-corrected chi connectivity index (χ4v) is 3.24. The van der Waals surface area contributed by atoms with E-state index in [0.717, 1.165) is 19.3 Å². The van der Waals surface area contributed by atoms with Crippen LogP contribution in [0, 0.1) is 6.92 Å². The van der Waals surface area contributed by atoms with Crippen LogP contribution in [-0.4, -0.2) is 34.8 Å². The molecule has 1 aliphatic heterocycles. The lowest BCUT2D eigenvalue weighted by molar-refractivity contribution is -0.0442. The third-order valence-corrected chi connectivity index (χ3v) is 4.49. The number of rotatable bonds is 6. The summed E-state index contributed by atoms with van der Waals surface area (Å²) in [5, 5.41) is 12.6. The topological polar surface area (TPSA) is 76.5 Å². The molecule has 0 aliphatic carbocycles. The largest absolute Gasteiger partial charge is 0.491 e. The molecule has 0 amide bonds. The summed E-state index contributed by atoms with van der Waals surface area (Å²) in [4.78, 5) is 8.24. The summed E-state index contributed by atoms with van der Waals surface area (Å²) in [6.45, 7) is 2.56. The summed E-state index contributed by atoms with van der Waals surface area (Å²) < 4.78 is 11.6. The molecule has 25 heavy (non-hydrogen) atoms. The van der Waals surface area contributed by atoms with Crippen LogP contribution in [0.3, 0.4) is 0 Å². The number of ether oxygens (including phenoxy) is 2. The van der Waals surface area contributed by atoms with Crippen molar-refractivity contribution < 1.29 is 14.6 Å². The SMILES string of the molecule is COc1c(CO)ncnc1NCC1CCCC(c2cccc(C)c2)O1. The molecule has 1 fully saturated rings. The van der Waals surface area contributed by atoms with Gasteiger partial charge in [-0.2, -0.15) is 0 Å².